The first-order chi connectivity index (χ1) is 10.7. The van der Waals surface area contributed by atoms with Gasteiger partial charge in [0.25, 0.3) is 0 Å². The van der Waals surface area contributed by atoms with E-state index in [4.69, 9.17) is 10.5 Å². The van der Waals surface area contributed by atoms with Gasteiger partial charge in [-0.15, -0.1) is 0 Å². The van der Waals surface area contributed by atoms with E-state index in [-0.39, 0.29) is 17.4 Å². The van der Waals surface area contributed by atoms with Crippen molar-refractivity contribution in [2.45, 2.75) is 19.9 Å². The van der Waals surface area contributed by atoms with Crippen molar-refractivity contribution in [1.29, 1.82) is 10.5 Å². The van der Waals surface area contributed by atoms with Crippen LogP contribution in [0.2, 0.25) is 0 Å². The molecule has 0 aliphatic carbocycles. The van der Waals surface area contributed by atoms with Crippen LogP contribution in [0.15, 0.2) is 36.4 Å². The van der Waals surface area contributed by atoms with Crippen LogP contribution in [0.5, 0.6) is 0 Å². The second-order valence-electron chi connectivity index (χ2n) is 5.21. The molecule has 2 heterocycles. The maximum Gasteiger partial charge on any atom is 0.179 e. The third-order valence-electron chi connectivity index (χ3n) is 3.46. The number of hydrogen-bond donors (Lipinski definition) is 0. The van der Waals surface area contributed by atoms with Gasteiger partial charge in [0.05, 0.1) is 5.69 Å². The fourth-order valence-electron chi connectivity index (χ4n) is 2.54. The summed E-state index contributed by atoms with van der Waals surface area (Å²) in [5.41, 5.74) is 3.41. The van der Waals surface area contributed by atoms with E-state index < -0.39 is 0 Å². The van der Waals surface area contributed by atoms with Crippen molar-refractivity contribution in [3.05, 3.63) is 47.8 Å². The van der Waals surface area contributed by atoms with Crippen LogP contribution in [0.3, 0.4) is 0 Å². The SMILES string of the molecule is CC(C)n1c(-c2ccccc2)cc2nc(C#N)c(C#N)nc21. The summed E-state index contributed by atoms with van der Waals surface area (Å²) in [5, 5.41) is 18.3. The van der Waals surface area contributed by atoms with Gasteiger partial charge in [0.2, 0.25) is 0 Å². The molecule has 0 unspecified atom stereocenters. The standard InChI is InChI=1S/C17H13N5/c1-11(2)22-16(12-6-4-3-5-7-12)8-13-17(22)21-15(10-19)14(9-18)20-13/h3-8,11H,1-2H3. The Labute approximate surface area is 128 Å². The highest BCUT2D eigenvalue weighted by Crippen LogP contribution is 2.30. The second kappa shape index (κ2) is 5.31. The third kappa shape index (κ3) is 2.10. The lowest BCUT2D eigenvalue weighted by molar-refractivity contribution is 0.623. The Kier molecular flexibility index (Phi) is 3.33. The van der Waals surface area contributed by atoms with E-state index in [1.54, 1.807) is 0 Å². The molecule has 0 fully saturated rings. The molecule has 3 aromatic rings. The third-order valence-corrected chi connectivity index (χ3v) is 3.46. The molecule has 22 heavy (non-hydrogen) atoms. The zero-order valence-electron chi connectivity index (χ0n) is 12.3. The van der Waals surface area contributed by atoms with E-state index in [0.29, 0.717) is 11.2 Å². The Balaban J connectivity index is 2.38. The summed E-state index contributed by atoms with van der Waals surface area (Å²) in [4.78, 5) is 8.64. The van der Waals surface area contributed by atoms with Crippen molar-refractivity contribution in [1.82, 2.24) is 14.5 Å². The molecule has 2 aromatic heterocycles. The maximum atomic E-state index is 9.15. The fraction of sp³-hybridized carbons (Fsp3) is 0.176. The van der Waals surface area contributed by atoms with Crippen molar-refractivity contribution in [2.24, 2.45) is 0 Å². The number of hydrogen-bond acceptors (Lipinski definition) is 4. The molecule has 1 aromatic carbocycles. The molecule has 0 saturated heterocycles. The van der Waals surface area contributed by atoms with Gasteiger partial charge in [0.1, 0.15) is 17.7 Å². The zero-order valence-corrected chi connectivity index (χ0v) is 12.3. The monoisotopic (exact) mass is 287 g/mol. The Morgan fingerprint density at radius 2 is 1.64 bits per heavy atom. The number of nitrogens with zero attached hydrogens (tertiary/aromatic N) is 5. The number of fused-ring (bicyclic) bond motifs is 1. The molecular weight excluding hydrogens is 274 g/mol. The summed E-state index contributed by atoms with van der Waals surface area (Å²) in [5.74, 6) is 0. The molecular formula is C17H13N5. The van der Waals surface area contributed by atoms with E-state index in [1.165, 1.54) is 0 Å². The minimum atomic E-state index is 0.0645. The van der Waals surface area contributed by atoms with Crippen LogP contribution in [0.25, 0.3) is 22.4 Å². The van der Waals surface area contributed by atoms with Gasteiger partial charge in [-0.1, -0.05) is 30.3 Å². The second-order valence-corrected chi connectivity index (χ2v) is 5.21. The molecule has 106 valence electrons. The van der Waals surface area contributed by atoms with Crippen LogP contribution in [0.1, 0.15) is 31.3 Å². The Bertz CT molecular complexity index is 924. The number of aromatic nitrogens is 3. The molecule has 0 spiro atoms. The van der Waals surface area contributed by atoms with Gasteiger partial charge in [-0.05, 0) is 25.5 Å². The van der Waals surface area contributed by atoms with Gasteiger partial charge < -0.3 is 4.57 Å². The quantitative estimate of drug-likeness (QED) is 0.723. The smallest absolute Gasteiger partial charge is 0.179 e. The summed E-state index contributed by atoms with van der Waals surface area (Å²) >= 11 is 0. The molecule has 5 nitrogen and oxygen atoms in total. The van der Waals surface area contributed by atoms with Gasteiger partial charge in [0, 0.05) is 6.04 Å². The lowest BCUT2D eigenvalue weighted by Crippen LogP contribution is -2.05. The molecule has 0 atom stereocenters. The van der Waals surface area contributed by atoms with Crippen LogP contribution in [-0.2, 0) is 0 Å². The summed E-state index contributed by atoms with van der Waals surface area (Å²) in [6, 6.07) is 15.9. The predicted molar refractivity (Wildman–Crippen MR) is 82.8 cm³/mol. The maximum absolute atomic E-state index is 9.15. The highest BCUT2D eigenvalue weighted by Gasteiger charge is 2.18. The number of nitriles is 2. The minimum absolute atomic E-state index is 0.0645. The molecule has 0 N–H and O–H groups in total. The Morgan fingerprint density at radius 1 is 1.00 bits per heavy atom. The molecule has 0 aliphatic rings. The molecule has 0 radical (unpaired) electrons. The lowest BCUT2D eigenvalue weighted by Gasteiger charge is -2.14. The minimum Gasteiger partial charge on any atom is -0.321 e. The van der Waals surface area contributed by atoms with Gasteiger partial charge in [-0.2, -0.15) is 10.5 Å². The zero-order chi connectivity index (χ0) is 15.7. The van der Waals surface area contributed by atoms with Crippen molar-refractivity contribution in [3.63, 3.8) is 0 Å². The first-order valence-electron chi connectivity index (χ1n) is 6.94. The molecule has 0 amide bonds. The van der Waals surface area contributed by atoms with Crippen LogP contribution in [0, 0.1) is 22.7 Å². The van der Waals surface area contributed by atoms with Crippen molar-refractivity contribution < 1.29 is 0 Å². The molecule has 3 rings (SSSR count). The molecule has 5 heteroatoms. The van der Waals surface area contributed by atoms with Gasteiger partial charge in [-0.25, -0.2) is 9.97 Å². The lowest BCUT2D eigenvalue weighted by atomic mass is 10.1. The summed E-state index contributed by atoms with van der Waals surface area (Å²) < 4.78 is 2.04. The Morgan fingerprint density at radius 3 is 2.23 bits per heavy atom. The normalized spacial score (nSPS) is 10.6. The van der Waals surface area contributed by atoms with Gasteiger partial charge in [-0.3, -0.25) is 0 Å². The van der Waals surface area contributed by atoms with Gasteiger partial charge >= 0.3 is 0 Å². The fourth-order valence-corrected chi connectivity index (χ4v) is 2.54. The van der Waals surface area contributed by atoms with Crippen molar-refractivity contribution in [2.75, 3.05) is 0 Å². The average molecular weight is 287 g/mol. The highest BCUT2D eigenvalue weighted by molar-refractivity contribution is 5.82. The summed E-state index contributed by atoms with van der Waals surface area (Å²) in [7, 11) is 0. The van der Waals surface area contributed by atoms with Gasteiger partial charge in [0.15, 0.2) is 17.0 Å². The Hall–Kier alpha value is -3.18. The van der Waals surface area contributed by atoms with E-state index in [9.17, 15) is 0 Å². The van der Waals surface area contributed by atoms with E-state index >= 15 is 0 Å². The highest BCUT2D eigenvalue weighted by atomic mass is 15.1. The average Bonchev–Trinajstić information content (AvgIpc) is 2.92. The predicted octanol–water partition coefficient (Wildman–Crippen LogP) is 3.42. The molecule has 0 aliphatic heterocycles. The van der Waals surface area contributed by atoms with Crippen LogP contribution >= 0.6 is 0 Å². The van der Waals surface area contributed by atoms with Crippen molar-refractivity contribution in [3.8, 4) is 23.4 Å². The van der Waals surface area contributed by atoms with Crippen LogP contribution in [-0.4, -0.2) is 14.5 Å². The number of benzene rings is 1. The first kappa shape index (κ1) is 13.8. The van der Waals surface area contributed by atoms with Crippen LogP contribution < -0.4 is 0 Å². The van der Waals surface area contributed by atoms with E-state index in [2.05, 4.69) is 23.8 Å². The summed E-state index contributed by atoms with van der Waals surface area (Å²) in [6.07, 6.45) is 0. The van der Waals surface area contributed by atoms with Crippen LogP contribution in [0.4, 0.5) is 0 Å². The van der Waals surface area contributed by atoms with E-state index in [0.717, 1.165) is 11.3 Å². The molecule has 0 bridgehead atoms. The first-order valence-corrected chi connectivity index (χ1v) is 6.94. The number of rotatable bonds is 2. The largest absolute Gasteiger partial charge is 0.321 e. The summed E-state index contributed by atoms with van der Waals surface area (Å²) in [6.45, 7) is 4.11. The van der Waals surface area contributed by atoms with E-state index in [1.807, 2.05) is 53.1 Å². The topological polar surface area (TPSA) is 78.3 Å². The molecule has 0 saturated carbocycles. The van der Waals surface area contributed by atoms with Crippen molar-refractivity contribution >= 4 is 11.2 Å².